The monoisotopic (exact) mass is 185 g/mol. The van der Waals surface area contributed by atoms with Crippen molar-refractivity contribution in [2.45, 2.75) is 25.7 Å². The summed E-state index contributed by atoms with van der Waals surface area (Å²) in [5, 5.41) is 8.75. The summed E-state index contributed by atoms with van der Waals surface area (Å²) in [6.45, 7) is 7.89. The third kappa shape index (κ3) is 2.03. The lowest BCUT2D eigenvalue weighted by Gasteiger charge is -2.23. The van der Waals surface area contributed by atoms with Crippen molar-refractivity contribution < 1.29 is 0 Å². The van der Waals surface area contributed by atoms with Crippen molar-refractivity contribution in [1.29, 1.82) is 5.26 Å². The highest BCUT2D eigenvalue weighted by atomic mass is 14.3. The Kier molecular flexibility index (Phi) is 3.09. The predicted octanol–water partition coefficient (Wildman–Crippen LogP) is 3.35. The summed E-state index contributed by atoms with van der Waals surface area (Å²) in [7, 11) is 0. The first-order valence-electron chi connectivity index (χ1n) is 4.70. The van der Waals surface area contributed by atoms with Crippen LogP contribution in [0.4, 0.5) is 0 Å². The zero-order valence-corrected chi connectivity index (χ0v) is 8.75. The van der Waals surface area contributed by atoms with E-state index < -0.39 is 0 Å². The molecule has 0 heterocycles. The van der Waals surface area contributed by atoms with Crippen LogP contribution in [0, 0.1) is 18.3 Å². The number of nitrogens with zero attached hydrogens (tertiary/aromatic N) is 1. The van der Waals surface area contributed by atoms with Crippen molar-refractivity contribution in [2.24, 2.45) is 0 Å². The molecule has 1 nitrogen and oxygen atoms in total. The van der Waals surface area contributed by atoms with Gasteiger partial charge in [0.1, 0.15) is 0 Å². The lowest BCUT2D eigenvalue weighted by atomic mass is 9.80. The second-order valence-electron chi connectivity index (χ2n) is 3.82. The molecule has 72 valence electrons. The Morgan fingerprint density at radius 2 is 2.00 bits per heavy atom. The third-order valence-electron chi connectivity index (χ3n) is 2.61. The van der Waals surface area contributed by atoms with E-state index in [-0.39, 0.29) is 5.41 Å². The van der Waals surface area contributed by atoms with Crippen LogP contribution in [0.1, 0.15) is 24.5 Å². The molecule has 14 heavy (non-hydrogen) atoms. The number of rotatable bonds is 3. The van der Waals surface area contributed by atoms with Gasteiger partial charge in [-0.25, -0.2) is 0 Å². The van der Waals surface area contributed by atoms with Gasteiger partial charge in [-0.1, -0.05) is 42.8 Å². The number of hydrogen-bond acceptors (Lipinski definition) is 1. The Labute approximate surface area is 85.7 Å². The van der Waals surface area contributed by atoms with Gasteiger partial charge in [-0.2, -0.15) is 5.26 Å². The SMILES string of the molecule is C=C[C@@](C)(CC#N)c1ccc(C)cc1. The van der Waals surface area contributed by atoms with Crippen molar-refractivity contribution in [2.75, 3.05) is 0 Å². The van der Waals surface area contributed by atoms with Crippen LogP contribution in [-0.2, 0) is 5.41 Å². The molecule has 0 N–H and O–H groups in total. The minimum absolute atomic E-state index is 0.220. The van der Waals surface area contributed by atoms with Gasteiger partial charge in [0.2, 0.25) is 0 Å². The molecule has 0 radical (unpaired) electrons. The largest absolute Gasteiger partial charge is 0.198 e. The fourth-order valence-corrected chi connectivity index (χ4v) is 1.39. The van der Waals surface area contributed by atoms with Crippen LogP contribution >= 0.6 is 0 Å². The van der Waals surface area contributed by atoms with Gasteiger partial charge in [-0.05, 0) is 12.5 Å². The van der Waals surface area contributed by atoms with Crippen LogP contribution in [0.25, 0.3) is 0 Å². The minimum Gasteiger partial charge on any atom is -0.198 e. The summed E-state index contributed by atoms with van der Waals surface area (Å²) in [4.78, 5) is 0. The molecular weight excluding hydrogens is 170 g/mol. The van der Waals surface area contributed by atoms with Crippen molar-refractivity contribution in [3.05, 3.63) is 48.0 Å². The van der Waals surface area contributed by atoms with Crippen LogP contribution in [-0.4, -0.2) is 0 Å². The summed E-state index contributed by atoms with van der Waals surface area (Å²) in [5.74, 6) is 0. The maximum Gasteiger partial charge on any atom is 0.0634 e. The number of allylic oxidation sites excluding steroid dienone is 1. The molecule has 1 heteroatoms. The molecule has 0 aliphatic rings. The van der Waals surface area contributed by atoms with Crippen molar-refractivity contribution in [3.8, 4) is 6.07 Å². The first-order valence-corrected chi connectivity index (χ1v) is 4.70. The second-order valence-corrected chi connectivity index (χ2v) is 3.82. The molecule has 0 saturated heterocycles. The molecule has 1 aromatic rings. The molecule has 0 saturated carbocycles. The molecular formula is C13H15N. The molecule has 0 bridgehead atoms. The molecule has 0 aromatic heterocycles. The Balaban J connectivity index is 3.07. The highest BCUT2D eigenvalue weighted by Crippen LogP contribution is 2.28. The number of benzene rings is 1. The van der Waals surface area contributed by atoms with E-state index in [9.17, 15) is 0 Å². The van der Waals surface area contributed by atoms with E-state index in [1.54, 1.807) is 0 Å². The highest BCUT2D eigenvalue weighted by molar-refractivity contribution is 5.32. The molecule has 0 unspecified atom stereocenters. The van der Waals surface area contributed by atoms with Gasteiger partial charge in [-0.3, -0.25) is 0 Å². The summed E-state index contributed by atoms with van der Waals surface area (Å²) in [6.07, 6.45) is 2.32. The van der Waals surface area contributed by atoms with Gasteiger partial charge >= 0.3 is 0 Å². The lowest BCUT2D eigenvalue weighted by Crippen LogP contribution is -2.17. The summed E-state index contributed by atoms with van der Waals surface area (Å²) in [6, 6.07) is 10.5. The van der Waals surface area contributed by atoms with Crippen LogP contribution in [0.2, 0.25) is 0 Å². The maximum atomic E-state index is 8.75. The van der Waals surface area contributed by atoms with Gasteiger partial charge < -0.3 is 0 Å². The van der Waals surface area contributed by atoms with Crippen molar-refractivity contribution in [3.63, 3.8) is 0 Å². The molecule has 0 spiro atoms. The average molecular weight is 185 g/mol. The van der Waals surface area contributed by atoms with E-state index in [1.165, 1.54) is 5.56 Å². The van der Waals surface area contributed by atoms with Crippen molar-refractivity contribution >= 4 is 0 Å². The normalized spacial score (nSPS) is 14.1. The van der Waals surface area contributed by atoms with Crippen molar-refractivity contribution in [1.82, 2.24) is 0 Å². The number of hydrogen-bond donors (Lipinski definition) is 0. The van der Waals surface area contributed by atoms with Gasteiger partial charge in [-0.15, -0.1) is 6.58 Å². The van der Waals surface area contributed by atoms with E-state index in [0.29, 0.717) is 6.42 Å². The van der Waals surface area contributed by atoms with Gasteiger partial charge in [0.05, 0.1) is 6.07 Å². The molecule has 0 aliphatic carbocycles. The summed E-state index contributed by atoms with van der Waals surface area (Å²) >= 11 is 0. The van der Waals surface area contributed by atoms with Crippen LogP contribution in [0.15, 0.2) is 36.9 Å². The standard InChI is InChI=1S/C13H15N/c1-4-13(3,9-10-14)12-7-5-11(2)6-8-12/h4-8H,1,9H2,2-3H3/t13-/m0/s1. The number of nitriles is 1. The number of aryl methyl sites for hydroxylation is 1. The third-order valence-corrected chi connectivity index (χ3v) is 2.61. The van der Waals surface area contributed by atoms with E-state index in [0.717, 1.165) is 5.56 Å². The maximum absolute atomic E-state index is 8.75. The molecule has 0 aliphatic heterocycles. The van der Waals surface area contributed by atoms with E-state index in [2.05, 4.69) is 43.8 Å². The lowest BCUT2D eigenvalue weighted by molar-refractivity contribution is 0.613. The Morgan fingerprint density at radius 3 is 2.43 bits per heavy atom. The van der Waals surface area contributed by atoms with E-state index in [1.807, 2.05) is 13.0 Å². The zero-order valence-electron chi connectivity index (χ0n) is 8.75. The van der Waals surface area contributed by atoms with E-state index in [4.69, 9.17) is 5.26 Å². The Morgan fingerprint density at radius 1 is 1.43 bits per heavy atom. The summed E-state index contributed by atoms with van der Waals surface area (Å²) in [5.41, 5.74) is 2.17. The van der Waals surface area contributed by atoms with Crippen LogP contribution < -0.4 is 0 Å². The Hall–Kier alpha value is -1.55. The molecule has 0 fully saturated rings. The zero-order chi connectivity index (χ0) is 10.6. The molecule has 1 aromatic carbocycles. The summed E-state index contributed by atoms with van der Waals surface area (Å²) < 4.78 is 0. The van der Waals surface area contributed by atoms with Gasteiger partial charge in [0, 0.05) is 11.8 Å². The fourth-order valence-electron chi connectivity index (χ4n) is 1.39. The quantitative estimate of drug-likeness (QED) is 0.662. The molecule has 1 atom stereocenters. The fraction of sp³-hybridized carbons (Fsp3) is 0.308. The van der Waals surface area contributed by atoms with Gasteiger partial charge in [0.25, 0.3) is 0 Å². The molecule has 0 amide bonds. The Bertz CT molecular complexity index is 356. The smallest absolute Gasteiger partial charge is 0.0634 e. The topological polar surface area (TPSA) is 23.8 Å². The van der Waals surface area contributed by atoms with Crippen LogP contribution in [0.3, 0.4) is 0 Å². The first kappa shape index (κ1) is 10.5. The first-order chi connectivity index (χ1) is 6.62. The van der Waals surface area contributed by atoms with Crippen LogP contribution in [0.5, 0.6) is 0 Å². The van der Waals surface area contributed by atoms with Gasteiger partial charge in [0.15, 0.2) is 0 Å². The average Bonchev–Trinajstić information content (AvgIpc) is 2.19. The highest BCUT2D eigenvalue weighted by Gasteiger charge is 2.21. The van der Waals surface area contributed by atoms with E-state index >= 15 is 0 Å². The minimum atomic E-state index is -0.220. The second kappa shape index (κ2) is 4.11. The predicted molar refractivity (Wildman–Crippen MR) is 59.0 cm³/mol. The molecule has 1 rings (SSSR count).